The normalized spacial score (nSPS) is 12.8. The van der Waals surface area contributed by atoms with Gasteiger partial charge in [-0.15, -0.1) is 0 Å². The van der Waals surface area contributed by atoms with Crippen LogP contribution in [0.3, 0.4) is 0 Å². The van der Waals surface area contributed by atoms with E-state index in [4.69, 9.17) is 4.42 Å². The van der Waals surface area contributed by atoms with Crippen LogP contribution in [0.4, 0.5) is 0 Å². The van der Waals surface area contributed by atoms with E-state index in [0.29, 0.717) is 18.8 Å². The van der Waals surface area contributed by atoms with Gasteiger partial charge in [0.25, 0.3) is 0 Å². The SMILES string of the molecule is CCNCc1cc(S(=O)(=O)NCC(C)(C)CC)c(Br)o1. The first-order valence-corrected chi connectivity index (χ1v) is 8.98. The third kappa shape index (κ3) is 4.87. The van der Waals surface area contributed by atoms with Crippen LogP contribution in [0.25, 0.3) is 0 Å². The Hall–Kier alpha value is -0.370. The summed E-state index contributed by atoms with van der Waals surface area (Å²) in [6.07, 6.45) is 0.897. The highest BCUT2D eigenvalue weighted by atomic mass is 79.9. The van der Waals surface area contributed by atoms with Gasteiger partial charge in [0.1, 0.15) is 10.7 Å². The Bertz CT molecular complexity index is 538. The molecular formula is C13H23BrN2O3S. The molecule has 0 aliphatic heterocycles. The maximum absolute atomic E-state index is 12.3. The molecule has 1 aromatic rings. The molecule has 0 aromatic carbocycles. The van der Waals surface area contributed by atoms with E-state index < -0.39 is 10.0 Å². The maximum atomic E-state index is 12.3. The number of sulfonamides is 1. The van der Waals surface area contributed by atoms with Gasteiger partial charge in [-0.3, -0.25) is 0 Å². The van der Waals surface area contributed by atoms with Crippen molar-refractivity contribution in [3.63, 3.8) is 0 Å². The monoisotopic (exact) mass is 366 g/mol. The Labute approximate surface area is 129 Å². The Balaban J connectivity index is 2.84. The number of rotatable bonds is 8. The predicted octanol–water partition coefficient (Wildman–Crippen LogP) is 2.87. The average molecular weight is 367 g/mol. The Morgan fingerprint density at radius 2 is 2.00 bits per heavy atom. The van der Waals surface area contributed by atoms with Crippen molar-refractivity contribution >= 4 is 26.0 Å². The number of halogens is 1. The van der Waals surface area contributed by atoms with Crippen molar-refractivity contribution in [3.8, 4) is 0 Å². The molecule has 0 spiro atoms. The van der Waals surface area contributed by atoms with E-state index in [2.05, 4.69) is 26.0 Å². The topological polar surface area (TPSA) is 71.3 Å². The molecule has 5 nitrogen and oxygen atoms in total. The maximum Gasteiger partial charge on any atom is 0.244 e. The van der Waals surface area contributed by atoms with Crippen LogP contribution in [-0.2, 0) is 16.6 Å². The molecule has 0 bridgehead atoms. The lowest BCUT2D eigenvalue weighted by molar-refractivity contribution is 0.350. The summed E-state index contributed by atoms with van der Waals surface area (Å²) in [7, 11) is -3.56. The highest BCUT2D eigenvalue weighted by Gasteiger charge is 2.25. The summed E-state index contributed by atoms with van der Waals surface area (Å²) >= 11 is 3.17. The van der Waals surface area contributed by atoms with Gasteiger partial charge in [-0.2, -0.15) is 0 Å². The van der Waals surface area contributed by atoms with Gasteiger partial charge < -0.3 is 9.73 Å². The summed E-state index contributed by atoms with van der Waals surface area (Å²) < 4.78 is 32.8. The lowest BCUT2D eigenvalue weighted by atomic mass is 9.91. The van der Waals surface area contributed by atoms with Crippen molar-refractivity contribution < 1.29 is 12.8 Å². The van der Waals surface area contributed by atoms with E-state index in [1.165, 1.54) is 0 Å². The second-order valence-electron chi connectivity index (χ2n) is 5.47. The van der Waals surface area contributed by atoms with Crippen LogP contribution in [0.15, 0.2) is 20.0 Å². The highest BCUT2D eigenvalue weighted by Crippen LogP contribution is 2.27. The first kappa shape index (κ1) is 17.7. The zero-order valence-corrected chi connectivity index (χ0v) is 14.8. The molecule has 0 amide bonds. The quantitative estimate of drug-likeness (QED) is 0.741. The second-order valence-corrected chi connectivity index (χ2v) is 7.93. The standard InChI is InChI=1S/C13H23BrN2O3S/c1-5-13(3,4)9-16-20(17,18)11-7-10(8-15-6-2)19-12(11)14/h7,15-16H,5-6,8-9H2,1-4H3. The van der Waals surface area contributed by atoms with Crippen molar-refractivity contribution in [2.75, 3.05) is 13.1 Å². The van der Waals surface area contributed by atoms with Gasteiger partial charge in [0.15, 0.2) is 4.67 Å². The van der Waals surface area contributed by atoms with E-state index >= 15 is 0 Å². The van der Waals surface area contributed by atoms with E-state index in [1.807, 2.05) is 27.7 Å². The fourth-order valence-electron chi connectivity index (χ4n) is 1.41. The number of hydrogen-bond donors (Lipinski definition) is 2. The zero-order chi connectivity index (χ0) is 15.4. The number of hydrogen-bond acceptors (Lipinski definition) is 4. The molecule has 0 aliphatic rings. The minimum Gasteiger partial charge on any atom is -0.452 e. The van der Waals surface area contributed by atoms with Gasteiger partial charge in [0.2, 0.25) is 10.0 Å². The first-order valence-electron chi connectivity index (χ1n) is 6.70. The molecule has 0 saturated heterocycles. The fourth-order valence-corrected chi connectivity index (χ4v) is 3.65. The largest absolute Gasteiger partial charge is 0.452 e. The summed E-state index contributed by atoms with van der Waals surface area (Å²) in [4.78, 5) is 0.150. The molecule has 2 N–H and O–H groups in total. The van der Waals surface area contributed by atoms with Crippen LogP contribution in [0.5, 0.6) is 0 Å². The number of furan rings is 1. The van der Waals surface area contributed by atoms with Crippen LogP contribution >= 0.6 is 15.9 Å². The molecular weight excluding hydrogens is 344 g/mol. The second kappa shape index (κ2) is 7.06. The van der Waals surface area contributed by atoms with Gasteiger partial charge in [-0.05, 0) is 34.3 Å². The smallest absolute Gasteiger partial charge is 0.244 e. The number of nitrogens with one attached hydrogen (secondary N) is 2. The van der Waals surface area contributed by atoms with Gasteiger partial charge >= 0.3 is 0 Å². The van der Waals surface area contributed by atoms with Crippen LogP contribution < -0.4 is 10.0 Å². The summed E-state index contributed by atoms with van der Waals surface area (Å²) in [5.41, 5.74) is -0.0735. The van der Waals surface area contributed by atoms with E-state index in [0.717, 1.165) is 13.0 Å². The summed E-state index contributed by atoms with van der Waals surface area (Å²) in [5.74, 6) is 0.592. The molecule has 20 heavy (non-hydrogen) atoms. The predicted molar refractivity (Wildman–Crippen MR) is 83.0 cm³/mol. The minimum absolute atomic E-state index is 0.0735. The third-order valence-electron chi connectivity index (χ3n) is 3.24. The molecule has 0 saturated carbocycles. The average Bonchev–Trinajstić information content (AvgIpc) is 2.76. The Morgan fingerprint density at radius 1 is 1.35 bits per heavy atom. The molecule has 1 heterocycles. The molecule has 0 unspecified atom stereocenters. The van der Waals surface area contributed by atoms with Gasteiger partial charge in [0, 0.05) is 12.6 Å². The van der Waals surface area contributed by atoms with Crippen molar-refractivity contribution in [1.29, 1.82) is 0 Å². The Kier molecular flexibility index (Phi) is 6.25. The fraction of sp³-hybridized carbons (Fsp3) is 0.692. The van der Waals surface area contributed by atoms with Crippen molar-refractivity contribution in [2.45, 2.75) is 45.6 Å². The Morgan fingerprint density at radius 3 is 2.55 bits per heavy atom. The van der Waals surface area contributed by atoms with Gasteiger partial charge in [-0.1, -0.05) is 27.7 Å². The van der Waals surface area contributed by atoms with Crippen LogP contribution in [0, 0.1) is 5.41 Å². The van der Waals surface area contributed by atoms with Crippen molar-refractivity contribution in [3.05, 3.63) is 16.5 Å². The van der Waals surface area contributed by atoms with Crippen molar-refractivity contribution in [1.82, 2.24) is 10.0 Å². The molecule has 0 fully saturated rings. The molecule has 116 valence electrons. The van der Waals surface area contributed by atoms with Gasteiger partial charge in [-0.25, -0.2) is 13.1 Å². The summed E-state index contributed by atoms with van der Waals surface area (Å²) in [6, 6.07) is 1.55. The zero-order valence-electron chi connectivity index (χ0n) is 12.4. The van der Waals surface area contributed by atoms with E-state index in [-0.39, 0.29) is 15.0 Å². The summed E-state index contributed by atoms with van der Waals surface area (Å²) in [6.45, 7) is 9.76. The van der Waals surface area contributed by atoms with E-state index in [1.54, 1.807) is 6.07 Å². The van der Waals surface area contributed by atoms with Crippen LogP contribution in [-0.4, -0.2) is 21.5 Å². The van der Waals surface area contributed by atoms with Gasteiger partial charge in [0.05, 0.1) is 6.54 Å². The van der Waals surface area contributed by atoms with Crippen molar-refractivity contribution in [2.24, 2.45) is 5.41 Å². The molecule has 7 heteroatoms. The molecule has 0 atom stereocenters. The lowest BCUT2D eigenvalue weighted by Gasteiger charge is -2.22. The first-order chi connectivity index (χ1) is 9.22. The minimum atomic E-state index is -3.56. The molecule has 0 aliphatic carbocycles. The molecule has 1 rings (SSSR count). The molecule has 1 aromatic heterocycles. The van der Waals surface area contributed by atoms with Crippen LogP contribution in [0.1, 0.15) is 39.9 Å². The lowest BCUT2D eigenvalue weighted by Crippen LogP contribution is -2.33. The van der Waals surface area contributed by atoms with E-state index in [9.17, 15) is 8.42 Å². The third-order valence-corrected chi connectivity index (χ3v) is 5.50. The molecule has 0 radical (unpaired) electrons. The highest BCUT2D eigenvalue weighted by molar-refractivity contribution is 9.10. The summed E-state index contributed by atoms with van der Waals surface area (Å²) in [5, 5.41) is 3.09. The van der Waals surface area contributed by atoms with Crippen LogP contribution in [0.2, 0.25) is 0 Å².